The normalized spacial score (nSPS) is 19.1. The molecule has 0 spiro atoms. The van der Waals surface area contributed by atoms with Crippen LogP contribution in [0.3, 0.4) is 0 Å². The van der Waals surface area contributed by atoms with Crippen LogP contribution in [-0.2, 0) is 6.54 Å². The van der Waals surface area contributed by atoms with Crippen molar-refractivity contribution in [2.75, 3.05) is 11.4 Å². The first-order chi connectivity index (χ1) is 8.34. The van der Waals surface area contributed by atoms with Crippen LogP contribution in [0, 0.1) is 0 Å². The summed E-state index contributed by atoms with van der Waals surface area (Å²) in [6.45, 7) is 1.53. The van der Waals surface area contributed by atoms with Crippen molar-refractivity contribution in [3.63, 3.8) is 0 Å². The molecule has 0 aliphatic carbocycles. The van der Waals surface area contributed by atoms with Gasteiger partial charge in [-0.15, -0.1) is 0 Å². The Bertz CT molecular complexity index is 496. The van der Waals surface area contributed by atoms with Crippen LogP contribution in [-0.4, -0.2) is 16.8 Å². The van der Waals surface area contributed by atoms with Crippen LogP contribution in [0.2, 0.25) is 0 Å². The van der Waals surface area contributed by atoms with E-state index in [1.807, 2.05) is 30.3 Å². The van der Waals surface area contributed by atoms with Crippen molar-refractivity contribution < 1.29 is 9.63 Å². The van der Waals surface area contributed by atoms with E-state index in [1.165, 1.54) is 0 Å². The Hall–Kier alpha value is -1.81. The maximum absolute atomic E-state index is 9.94. The van der Waals surface area contributed by atoms with Gasteiger partial charge >= 0.3 is 0 Å². The number of benzene rings is 1. The highest BCUT2D eigenvalue weighted by Gasteiger charge is 2.23. The highest BCUT2D eigenvalue weighted by molar-refractivity contribution is 5.56. The van der Waals surface area contributed by atoms with Gasteiger partial charge in [-0.05, 0) is 12.5 Å². The summed E-state index contributed by atoms with van der Waals surface area (Å²) >= 11 is 0. The number of aliphatic hydroxyl groups is 1. The molecule has 0 saturated carbocycles. The Labute approximate surface area is 99.5 Å². The fourth-order valence-corrected chi connectivity index (χ4v) is 2.29. The van der Waals surface area contributed by atoms with Gasteiger partial charge in [-0.25, -0.2) is 0 Å². The predicted octanol–water partition coefficient (Wildman–Crippen LogP) is 2.12. The molecule has 1 aliphatic rings. The van der Waals surface area contributed by atoms with Crippen molar-refractivity contribution >= 4 is 5.69 Å². The van der Waals surface area contributed by atoms with Gasteiger partial charge in [-0.3, -0.25) is 0 Å². The molecule has 0 fully saturated rings. The molecule has 0 radical (unpaired) electrons. The minimum atomic E-state index is -0.350. The third-order valence-corrected chi connectivity index (χ3v) is 3.15. The lowest BCUT2D eigenvalue weighted by atomic mass is 9.99. The SMILES string of the molecule is OC1CCN(Cc2ccno2)c2ccccc21. The number of hydrogen-bond donors (Lipinski definition) is 1. The molecule has 4 nitrogen and oxygen atoms in total. The van der Waals surface area contributed by atoms with Crippen LogP contribution < -0.4 is 4.90 Å². The molecule has 3 rings (SSSR count). The topological polar surface area (TPSA) is 49.5 Å². The summed E-state index contributed by atoms with van der Waals surface area (Å²) in [5.74, 6) is 0.844. The number of para-hydroxylation sites is 1. The van der Waals surface area contributed by atoms with Crippen LogP contribution >= 0.6 is 0 Å². The van der Waals surface area contributed by atoms with Crippen LogP contribution in [0.5, 0.6) is 0 Å². The number of aliphatic hydroxyl groups excluding tert-OH is 1. The average molecular weight is 230 g/mol. The third-order valence-electron chi connectivity index (χ3n) is 3.15. The molecule has 1 aliphatic heterocycles. The first kappa shape index (κ1) is 10.4. The molecule has 0 saturated heterocycles. The maximum Gasteiger partial charge on any atom is 0.155 e. The quantitative estimate of drug-likeness (QED) is 0.858. The maximum atomic E-state index is 9.94. The lowest BCUT2D eigenvalue weighted by Gasteiger charge is -2.33. The van der Waals surface area contributed by atoms with Crippen molar-refractivity contribution in [2.24, 2.45) is 0 Å². The van der Waals surface area contributed by atoms with Crippen molar-refractivity contribution in [3.05, 3.63) is 47.9 Å². The largest absolute Gasteiger partial charge is 0.388 e. The van der Waals surface area contributed by atoms with E-state index in [0.717, 1.165) is 30.0 Å². The van der Waals surface area contributed by atoms with Gasteiger partial charge in [0, 0.05) is 23.9 Å². The smallest absolute Gasteiger partial charge is 0.155 e. The Morgan fingerprint density at radius 2 is 2.24 bits per heavy atom. The summed E-state index contributed by atoms with van der Waals surface area (Å²) in [6, 6.07) is 9.83. The summed E-state index contributed by atoms with van der Waals surface area (Å²) < 4.78 is 5.12. The second kappa shape index (κ2) is 4.22. The second-order valence-electron chi connectivity index (χ2n) is 4.26. The van der Waals surface area contributed by atoms with Gasteiger partial charge in [0.15, 0.2) is 5.76 Å². The number of anilines is 1. The molecule has 2 aromatic rings. The minimum absolute atomic E-state index is 0.350. The van der Waals surface area contributed by atoms with Crippen molar-refractivity contribution in [3.8, 4) is 0 Å². The van der Waals surface area contributed by atoms with E-state index in [2.05, 4.69) is 10.1 Å². The lowest BCUT2D eigenvalue weighted by molar-refractivity contribution is 0.163. The first-order valence-electron chi connectivity index (χ1n) is 5.76. The molecule has 0 amide bonds. The zero-order valence-corrected chi connectivity index (χ0v) is 9.41. The van der Waals surface area contributed by atoms with Crippen LogP contribution in [0.25, 0.3) is 0 Å². The zero-order chi connectivity index (χ0) is 11.7. The Kier molecular flexibility index (Phi) is 2.57. The summed E-state index contributed by atoms with van der Waals surface area (Å²) in [5, 5.41) is 13.7. The molecule has 1 N–H and O–H groups in total. The molecule has 1 aromatic carbocycles. The monoisotopic (exact) mass is 230 g/mol. The molecular formula is C13H14N2O2. The van der Waals surface area contributed by atoms with Gasteiger partial charge < -0.3 is 14.5 Å². The zero-order valence-electron chi connectivity index (χ0n) is 9.41. The highest BCUT2D eigenvalue weighted by Crippen LogP contribution is 2.34. The molecule has 2 heterocycles. The Morgan fingerprint density at radius 3 is 3.06 bits per heavy atom. The van der Waals surface area contributed by atoms with Gasteiger partial charge in [0.2, 0.25) is 0 Å². The molecular weight excluding hydrogens is 216 g/mol. The summed E-state index contributed by atoms with van der Waals surface area (Å²) in [4.78, 5) is 2.21. The van der Waals surface area contributed by atoms with Crippen molar-refractivity contribution in [2.45, 2.75) is 19.1 Å². The summed E-state index contributed by atoms with van der Waals surface area (Å²) in [5.41, 5.74) is 2.08. The van der Waals surface area contributed by atoms with Gasteiger partial charge in [-0.1, -0.05) is 23.4 Å². The van der Waals surface area contributed by atoms with Gasteiger partial charge in [0.1, 0.15) is 0 Å². The number of aromatic nitrogens is 1. The molecule has 1 aromatic heterocycles. The third kappa shape index (κ3) is 1.91. The standard InChI is InChI=1S/C13H14N2O2/c16-13-6-8-15(9-10-5-7-14-17-10)12-4-2-1-3-11(12)13/h1-5,7,13,16H,6,8-9H2. The minimum Gasteiger partial charge on any atom is -0.388 e. The van der Waals surface area contributed by atoms with E-state index in [4.69, 9.17) is 4.52 Å². The fraction of sp³-hybridized carbons (Fsp3) is 0.308. The number of hydrogen-bond acceptors (Lipinski definition) is 4. The van der Waals surface area contributed by atoms with E-state index in [-0.39, 0.29) is 6.10 Å². The number of rotatable bonds is 2. The number of nitrogens with zero attached hydrogens (tertiary/aromatic N) is 2. The number of fused-ring (bicyclic) bond motifs is 1. The van der Waals surface area contributed by atoms with Gasteiger partial charge in [0.25, 0.3) is 0 Å². The predicted molar refractivity (Wildman–Crippen MR) is 63.6 cm³/mol. The van der Waals surface area contributed by atoms with Crippen LogP contribution in [0.1, 0.15) is 23.8 Å². The lowest BCUT2D eigenvalue weighted by Crippen LogP contribution is -2.30. The Morgan fingerprint density at radius 1 is 1.35 bits per heavy atom. The van der Waals surface area contributed by atoms with E-state index in [0.29, 0.717) is 6.54 Å². The molecule has 1 atom stereocenters. The van der Waals surface area contributed by atoms with Crippen LogP contribution in [0.4, 0.5) is 5.69 Å². The van der Waals surface area contributed by atoms with E-state index in [1.54, 1.807) is 6.20 Å². The Balaban J connectivity index is 1.90. The summed E-state index contributed by atoms with van der Waals surface area (Å²) in [7, 11) is 0. The molecule has 88 valence electrons. The summed E-state index contributed by atoms with van der Waals surface area (Å²) in [6.07, 6.45) is 2.06. The molecule has 4 heteroatoms. The van der Waals surface area contributed by atoms with E-state index in [9.17, 15) is 5.11 Å². The van der Waals surface area contributed by atoms with E-state index < -0.39 is 0 Å². The van der Waals surface area contributed by atoms with Crippen molar-refractivity contribution in [1.29, 1.82) is 0 Å². The fourth-order valence-electron chi connectivity index (χ4n) is 2.29. The highest BCUT2D eigenvalue weighted by atomic mass is 16.5. The second-order valence-corrected chi connectivity index (χ2v) is 4.26. The molecule has 0 bridgehead atoms. The first-order valence-corrected chi connectivity index (χ1v) is 5.76. The van der Waals surface area contributed by atoms with Crippen LogP contribution in [0.15, 0.2) is 41.1 Å². The van der Waals surface area contributed by atoms with Gasteiger partial charge in [-0.2, -0.15) is 0 Å². The van der Waals surface area contributed by atoms with E-state index >= 15 is 0 Å². The average Bonchev–Trinajstić information content (AvgIpc) is 2.86. The van der Waals surface area contributed by atoms with Crippen molar-refractivity contribution in [1.82, 2.24) is 5.16 Å². The van der Waals surface area contributed by atoms with Gasteiger partial charge in [0.05, 0.1) is 18.8 Å². The molecule has 1 unspecified atom stereocenters. The molecule has 17 heavy (non-hydrogen) atoms.